The van der Waals surface area contributed by atoms with Crippen LogP contribution >= 0.6 is 23.2 Å². The first-order valence-corrected chi connectivity index (χ1v) is 6.60. The molecular formula is C13H16Cl2N2O3. The Kier molecular flexibility index (Phi) is 6.26. The lowest BCUT2D eigenvalue weighted by Gasteiger charge is -2.16. The van der Waals surface area contributed by atoms with Crippen molar-refractivity contribution in [3.8, 4) is 0 Å². The Morgan fingerprint density at radius 2 is 1.95 bits per heavy atom. The van der Waals surface area contributed by atoms with Crippen molar-refractivity contribution in [1.29, 1.82) is 0 Å². The van der Waals surface area contributed by atoms with E-state index in [1.807, 2.05) is 6.92 Å². The van der Waals surface area contributed by atoms with Gasteiger partial charge in [-0.2, -0.15) is 0 Å². The van der Waals surface area contributed by atoms with E-state index in [4.69, 9.17) is 23.2 Å². The van der Waals surface area contributed by atoms with Gasteiger partial charge in [0.2, 0.25) is 5.91 Å². The molecule has 5 nitrogen and oxygen atoms in total. The van der Waals surface area contributed by atoms with Gasteiger partial charge in [-0.25, -0.2) is 0 Å². The highest BCUT2D eigenvalue weighted by Gasteiger charge is 2.14. The van der Waals surface area contributed by atoms with Gasteiger partial charge in [-0.05, 0) is 25.6 Å². The summed E-state index contributed by atoms with van der Waals surface area (Å²) in [7, 11) is 2.93. The highest BCUT2D eigenvalue weighted by atomic mass is 35.5. The van der Waals surface area contributed by atoms with E-state index in [1.165, 1.54) is 12.0 Å². The van der Waals surface area contributed by atoms with Gasteiger partial charge in [-0.15, -0.1) is 0 Å². The third kappa shape index (κ3) is 4.67. The van der Waals surface area contributed by atoms with Crippen molar-refractivity contribution >= 4 is 40.8 Å². The fourth-order valence-corrected chi connectivity index (χ4v) is 2.00. The molecule has 0 radical (unpaired) electrons. The second kappa shape index (κ2) is 7.47. The Balaban J connectivity index is 2.68. The zero-order valence-electron chi connectivity index (χ0n) is 11.5. The number of aryl methyl sites for hydroxylation is 1. The predicted molar refractivity (Wildman–Crippen MR) is 79.3 cm³/mol. The Bertz CT molecular complexity index is 521. The number of halogens is 2. The average Bonchev–Trinajstić information content (AvgIpc) is 2.38. The minimum atomic E-state index is -0.410. The maximum absolute atomic E-state index is 11.9. The molecule has 0 heterocycles. The summed E-state index contributed by atoms with van der Waals surface area (Å²) in [4.78, 5) is 24.5. The van der Waals surface area contributed by atoms with Crippen LogP contribution in [0.1, 0.15) is 5.56 Å². The lowest BCUT2D eigenvalue weighted by molar-refractivity contribution is -0.141. The zero-order valence-corrected chi connectivity index (χ0v) is 13.0. The number of ether oxygens (including phenoxy) is 1. The molecule has 1 rings (SSSR count). The van der Waals surface area contributed by atoms with Gasteiger partial charge in [0.1, 0.15) is 0 Å². The van der Waals surface area contributed by atoms with Crippen molar-refractivity contribution in [2.75, 3.05) is 32.6 Å². The SMILES string of the molecule is COC(=O)CN(C)CC(=O)Nc1c(Cl)ccc(C)c1Cl. The summed E-state index contributed by atoms with van der Waals surface area (Å²) >= 11 is 12.1. The molecule has 0 atom stereocenters. The van der Waals surface area contributed by atoms with Gasteiger partial charge in [0.25, 0.3) is 0 Å². The molecule has 1 N–H and O–H groups in total. The highest BCUT2D eigenvalue weighted by molar-refractivity contribution is 6.40. The normalized spacial score (nSPS) is 10.5. The molecule has 0 aliphatic heterocycles. The lowest BCUT2D eigenvalue weighted by Crippen LogP contribution is -2.34. The topological polar surface area (TPSA) is 58.6 Å². The second-order valence-electron chi connectivity index (χ2n) is 4.35. The third-order valence-corrected chi connectivity index (χ3v) is 3.39. The predicted octanol–water partition coefficient (Wildman–Crippen LogP) is 2.35. The van der Waals surface area contributed by atoms with Gasteiger partial charge in [0.05, 0.1) is 35.9 Å². The number of anilines is 1. The summed E-state index contributed by atoms with van der Waals surface area (Å²) in [5.41, 5.74) is 1.19. The Hall–Kier alpha value is -1.30. The molecule has 1 amide bonds. The second-order valence-corrected chi connectivity index (χ2v) is 5.14. The molecule has 1 aromatic carbocycles. The van der Waals surface area contributed by atoms with Gasteiger partial charge in [-0.3, -0.25) is 14.5 Å². The van der Waals surface area contributed by atoms with Crippen LogP contribution in [0, 0.1) is 6.92 Å². The number of hydrogen-bond donors (Lipinski definition) is 1. The van der Waals surface area contributed by atoms with E-state index in [0.29, 0.717) is 15.7 Å². The van der Waals surface area contributed by atoms with Crippen molar-refractivity contribution in [3.05, 3.63) is 27.7 Å². The molecular weight excluding hydrogens is 303 g/mol. The zero-order chi connectivity index (χ0) is 15.3. The molecule has 0 aliphatic carbocycles. The molecule has 0 spiro atoms. The molecule has 0 saturated carbocycles. The van der Waals surface area contributed by atoms with Crippen LogP contribution in [0.25, 0.3) is 0 Å². The van der Waals surface area contributed by atoms with Crippen LogP contribution in [0.4, 0.5) is 5.69 Å². The van der Waals surface area contributed by atoms with E-state index in [2.05, 4.69) is 10.1 Å². The number of carbonyl (C=O) groups is 2. The summed E-state index contributed by atoms with van der Waals surface area (Å²) in [5.74, 6) is -0.724. The van der Waals surface area contributed by atoms with E-state index in [-0.39, 0.29) is 19.0 Å². The van der Waals surface area contributed by atoms with Crippen molar-refractivity contribution < 1.29 is 14.3 Å². The average molecular weight is 319 g/mol. The first-order chi connectivity index (χ1) is 9.35. The first-order valence-electron chi connectivity index (χ1n) is 5.85. The van der Waals surface area contributed by atoms with Crippen LogP contribution in [-0.4, -0.2) is 44.0 Å². The minimum absolute atomic E-state index is 0.0235. The van der Waals surface area contributed by atoms with E-state index in [1.54, 1.807) is 19.2 Å². The number of esters is 1. The number of carbonyl (C=O) groups excluding carboxylic acids is 2. The Morgan fingerprint density at radius 1 is 1.30 bits per heavy atom. The van der Waals surface area contributed by atoms with Crippen LogP contribution in [0.2, 0.25) is 10.0 Å². The van der Waals surface area contributed by atoms with Crippen molar-refractivity contribution in [1.82, 2.24) is 4.90 Å². The number of nitrogens with zero attached hydrogens (tertiary/aromatic N) is 1. The molecule has 7 heteroatoms. The molecule has 0 aliphatic rings. The van der Waals surface area contributed by atoms with Gasteiger partial charge < -0.3 is 10.1 Å². The molecule has 20 heavy (non-hydrogen) atoms. The monoisotopic (exact) mass is 318 g/mol. The van der Waals surface area contributed by atoms with E-state index in [0.717, 1.165) is 5.56 Å². The summed E-state index contributed by atoms with van der Waals surface area (Å²) in [6.07, 6.45) is 0. The van der Waals surface area contributed by atoms with Crippen molar-refractivity contribution in [3.63, 3.8) is 0 Å². The van der Waals surface area contributed by atoms with Crippen LogP contribution < -0.4 is 5.32 Å². The van der Waals surface area contributed by atoms with E-state index < -0.39 is 5.97 Å². The van der Waals surface area contributed by atoms with Crippen molar-refractivity contribution in [2.24, 2.45) is 0 Å². The first kappa shape index (κ1) is 16.8. The van der Waals surface area contributed by atoms with E-state index >= 15 is 0 Å². The van der Waals surface area contributed by atoms with Crippen LogP contribution in [-0.2, 0) is 14.3 Å². The standard InChI is InChI=1S/C13H16Cl2N2O3/c1-8-4-5-9(14)13(12(8)15)16-10(18)6-17(2)7-11(19)20-3/h4-5H,6-7H2,1-3H3,(H,16,18). The molecule has 0 bridgehead atoms. The summed E-state index contributed by atoms with van der Waals surface area (Å²) in [6, 6.07) is 3.43. The van der Waals surface area contributed by atoms with Gasteiger partial charge >= 0.3 is 5.97 Å². The smallest absolute Gasteiger partial charge is 0.319 e. The molecule has 0 fully saturated rings. The number of hydrogen-bond acceptors (Lipinski definition) is 4. The number of amides is 1. The maximum Gasteiger partial charge on any atom is 0.319 e. The van der Waals surface area contributed by atoms with Crippen molar-refractivity contribution in [2.45, 2.75) is 6.92 Å². The fraction of sp³-hybridized carbons (Fsp3) is 0.385. The number of benzene rings is 1. The number of rotatable bonds is 5. The minimum Gasteiger partial charge on any atom is -0.468 e. The molecule has 0 saturated heterocycles. The lowest BCUT2D eigenvalue weighted by atomic mass is 10.2. The number of nitrogens with one attached hydrogen (secondary N) is 1. The van der Waals surface area contributed by atoms with Gasteiger partial charge in [-0.1, -0.05) is 29.3 Å². The van der Waals surface area contributed by atoms with Crippen LogP contribution in [0.5, 0.6) is 0 Å². The van der Waals surface area contributed by atoms with Crippen LogP contribution in [0.15, 0.2) is 12.1 Å². The molecule has 0 aromatic heterocycles. The largest absolute Gasteiger partial charge is 0.468 e. The Labute approximate surface area is 127 Å². The molecule has 0 unspecified atom stereocenters. The highest BCUT2D eigenvalue weighted by Crippen LogP contribution is 2.32. The Morgan fingerprint density at radius 3 is 2.55 bits per heavy atom. The quantitative estimate of drug-likeness (QED) is 0.847. The van der Waals surface area contributed by atoms with Crippen LogP contribution in [0.3, 0.4) is 0 Å². The van der Waals surface area contributed by atoms with Gasteiger partial charge in [0, 0.05) is 0 Å². The number of methoxy groups -OCH3 is 1. The summed E-state index contributed by atoms with van der Waals surface area (Å²) < 4.78 is 4.52. The fourth-order valence-electron chi connectivity index (χ4n) is 1.54. The summed E-state index contributed by atoms with van der Waals surface area (Å²) in [5, 5.41) is 3.41. The van der Waals surface area contributed by atoms with Gasteiger partial charge in [0.15, 0.2) is 0 Å². The van der Waals surface area contributed by atoms with E-state index in [9.17, 15) is 9.59 Å². The summed E-state index contributed by atoms with van der Waals surface area (Å²) in [6.45, 7) is 1.87. The molecule has 1 aromatic rings. The molecule has 110 valence electrons. The number of likely N-dealkylation sites (N-methyl/N-ethyl adjacent to an activating group) is 1. The third-order valence-electron chi connectivity index (χ3n) is 2.59. The maximum atomic E-state index is 11.9.